The molecule has 90 valence electrons. The molecule has 1 rings (SSSR count). The Morgan fingerprint density at radius 2 is 2.31 bits per heavy atom. The van der Waals surface area contributed by atoms with Gasteiger partial charge in [-0.1, -0.05) is 25.8 Å². The first-order valence-electron chi connectivity index (χ1n) is 6.01. The van der Waals surface area contributed by atoms with Gasteiger partial charge in [-0.25, -0.2) is 0 Å². The monoisotopic (exact) mass is 239 g/mol. The van der Waals surface area contributed by atoms with Crippen molar-refractivity contribution in [1.29, 1.82) is 0 Å². The van der Waals surface area contributed by atoms with E-state index in [1.165, 1.54) is 30.5 Å². The Balaban J connectivity index is 2.41. The molecule has 0 aromatic rings. The molecule has 0 fully saturated rings. The third-order valence-electron chi connectivity index (χ3n) is 2.71. The van der Waals surface area contributed by atoms with Crippen LogP contribution < -0.4 is 10.7 Å². The van der Waals surface area contributed by atoms with Gasteiger partial charge < -0.3 is 5.32 Å². The molecule has 3 nitrogen and oxygen atoms in total. The maximum Gasteiger partial charge on any atom is 0.186 e. The summed E-state index contributed by atoms with van der Waals surface area (Å²) in [5, 5.41) is 7.77. The van der Waals surface area contributed by atoms with Gasteiger partial charge in [-0.3, -0.25) is 5.43 Å². The Kier molecular flexibility index (Phi) is 6.08. The van der Waals surface area contributed by atoms with E-state index in [1.807, 2.05) is 0 Å². The summed E-state index contributed by atoms with van der Waals surface area (Å²) in [6.45, 7) is 2.23. The Hall–Kier alpha value is -0.900. The lowest BCUT2D eigenvalue weighted by Crippen LogP contribution is -2.29. The Morgan fingerprint density at radius 3 is 3.00 bits per heavy atom. The van der Waals surface area contributed by atoms with Crippen LogP contribution in [0.2, 0.25) is 0 Å². The fourth-order valence-corrected chi connectivity index (χ4v) is 1.82. The summed E-state index contributed by atoms with van der Waals surface area (Å²) in [7, 11) is 1.79. The molecule has 0 saturated carbocycles. The summed E-state index contributed by atoms with van der Waals surface area (Å²) >= 11 is 4.99. The number of hydrogen-bond acceptors (Lipinski definition) is 2. The average Bonchev–Trinajstić information content (AvgIpc) is 2.74. The highest BCUT2D eigenvalue weighted by molar-refractivity contribution is 7.80. The topological polar surface area (TPSA) is 36.4 Å². The van der Waals surface area contributed by atoms with Crippen molar-refractivity contribution in [3.05, 3.63) is 11.6 Å². The molecule has 16 heavy (non-hydrogen) atoms. The first-order chi connectivity index (χ1) is 7.77. The van der Waals surface area contributed by atoms with Crippen molar-refractivity contribution in [2.75, 3.05) is 7.05 Å². The fourth-order valence-electron chi connectivity index (χ4n) is 1.78. The molecule has 4 heteroatoms. The number of hydrazone groups is 1. The number of nitrogens with one attached hydrogen (secondary N) is 2. The van der Waals surface area contributed by atoms with E-state index >= 15 is 0 Å². The van der Waals surface area contributed by atoms with Crippen LogP contribution in [0.15, 0.2) is 16.8 Å². The minimum absolute atomic E-state index is 0.576. The molecule has 2 N–H and O–H groups in total. The summed E-state index contributed by atoms with van der Waals surface area (Å²) in [5.41, 5.74) is 5.44. The predicted octanol–water partition coefficient (Wildman–Crippen LogP) is 2.74. The Morgan fingerprint density at radius 1 is 1.50 bits per heavy atom. The molecule has 0 radical (unpaired) electrons. The quantitative estimate of drug-likeness (QED) is 0.440. The predicted molar refractivity (Wildman–Crippen MR) is 73.7 cm³/mol. The number of thiocarbonyl (C=S) groups is 1. The maximum absolute atomic E-state index is 4.99. The minimum Gasteiger partial charge on any atom is -0.364 e. The highest BCUT2D eigenvalue weighted by atomic mass is 32.1. The zero-order valence-electron chi connectivity index (χ0n) is 10.2. The van der Waals surface area contributed by atoms with Gasteiger partial charge in [0.15, 0.2) is 5.11 Å². The summed E-state index contributed by atoms with van der Waals surface area (Å²) in [5.74, 6) is 0. The van der Waals surface area contributed by atoms with Gasteiger partial charge in [0.2, 0.25) is 0 Å². The van der Waals surface area contributed by atoms with E-state index in [-0.39, 0.29) is 0 Å². The van der Waals surface area contributed by atoms with Crippen molar-refractivity contribution >= 4 is 23.0 Å². The second-order valence-corrected chi connectivity index (χ2v) is 4.38. The number of unbranched alkanes of at least 4 members (excludes halogenated alkanes) is 2. The van der Waals surface area contributed by atoms with Gasteiger partial charge in [-0.05, 0) is 43.5 Å². The minimum atomic E-state index is 0.576. The number of hydrogen-bond donors (Lipinski definition) is 2. The van der Waals surface area contributed by atoms with E-state index in [4.69, 9.17) is 12.2 Å². The lowest BCUT2D eigenvalue weighted by molar-refractivity contribution is 0.722. The van der Waals surface area contributed by atoms with Gasteiger partial charge in [-0.2, -0.15) is 5.10 Å². The molecule has 0 saturated heterocycles. The van der Waals surface area contributed by atoms with E-state index in [1.54, 1.807) is 7.05 Å². The van der Waals surface area contributed by atoms with Crippen molar-refractivity contribution < 1.29 is 0 Å². The van der Waals surface area contributed by atoms with Gasteiger partial charge in [0.05, 0.1) is 5.71 Å². The van der Waals surface area contributed by atoms with Crippen molar-refractivity contribution in [3.8, 4) is 0 Å². The fraction of sp³-hybridized carbons (Fsp3) is 0.667. The first-order valence-corrected chi connectivity index (χ1v) is 6.42. The molecule has 0 aromatic carbocycles. The number of rotatable bonds is 5. The van der Waals surface area contributed by atoms with Crippen LogP contribution in [0.5, 0.6) is 0 Å². The second-order valence-electron chi connectivity index (χ2n) is 3.97. The molecule has 0 atom stereocenters. The molecule has 0 spiro atoms. The van der Waals surface area contributed by atoms with Crippen molar-refractivity contribution in [1.82, 2.24) is 10.7 Å². The lowest BCUT2D eigenvalue weighted by Gasteiger charge is -2.06. The Labute approximate surface area is 103 Å². The van der Waals surface area contributed by atoms with Crippen LogP contribution in [0.25, 0.3) is 0 Å². The molecule has 0 heterocycles. The summed E-state index contributed by atoms with van der Waals surface area (Å²) in [6, 6.07) is 0. The molecule has 0 aromatic heterocycles. The van der Waals surface area contributed by atoms with Crippen molar-refractivity contribution in [2.45, 2.75) is 45.4 Å². The van der Waals surface area contributed by atoms with Crippen molar-refractivity contribution in [3.63, 3.8) is 0 Å². The molecular formula is C12H21N3S. The smallest absolute Gasteiger partial charge is 0.186 e. The summed E-state index contributed by atoms with van der Waals surface area (Å²) in [4.78, 5) is 0. The number of nitrogens with zero attached hydrogens (tertiary/aromatic N) is 1. The molecule has 0 bridgehead atoms. The number of allylic oxidation sites excluding steroid dienone is 2. The molecule has 1 aliphatic rings. The van der Waals surface area contributed by atoms with Gasteiger partial charge in [0, 0.05) is 7.05 Å². The van der Waals surface area contributed by atoms with Gasteiger partial charge in [0.25, 0.3) is 0 Å². The van der Waals surface area contributed by atoms with E-state index in [9.17, 15) is 0 Å². The molecular weight excluding hydrogens is 218 g/mol. The highest BCUT2D eigenvalue weighted by Gasteiger charge is 2.12. The summed E-state index contributed by atoms with van der Waals surface area (Å²) < 4.78 is 0. The van der Waals surface area contributed by atoms with Crippen LogP contribution in [0.3, 0.4) is 0 Å². The standard InChI is InChI=1S/C12H21N3S/c1-3-4-5-7-10-8-6-9-11(10)14-15-12(16)13-2/h8H,3-7,9H2,1-2H3,(H2,13,15,16)/b14-11-. The van der Waals surface area contributed by atoms with Crippen LogP contribution in [-0.2, 0) is 0 Å². The summed E-state index contributed by atoms with van der Waals surface area (Å²) in [6.07, 6.45) is 9.45. The highest BCUT2D eigenvalue weighted by Crippen LogP contribution is 2.20. The van der Waals surface area contributed by atoms with E-state index in [2.05, 4.69) is 28.8 Å². The third kappa shape index (κ3) is 4.31. The SMILES string of the molecule is CCCCCC1=CCC/C1=N/NC(=S)NC. The van der Waals surface area contributed by atoms with Crippen LogP contribution in [-0.4, -0.2) is 17.9 Å². The van der Waals surface area contributed by atoms with Crippen molar-refractivity contribution in [2.24, 2.45) is 5.10 Å². The van der Waals surface area contributed by atoms with Gasteiger partial charge in [0.1, 0.15) is 0 Å². The van der Waals surface area contributed by atoms with E-state index in [0.717, 1.165) is 19.3 Å². The molecule has 0 aliphatic heterocycles. The van der Waals surface area contributed by atoms with Crippen LogP contribution in [0, 0.1) is 0 Å². The van der Waals surface area contributed by atoms with E-state index < -0.39 is 0 Å². The molecule has 0 amide bonds. The van der Waals surface area contributed by atoms with Gasteiger partial charge in [-0.15, -0.1) is 0 Å². The average molecular weight is 239 g/mol. The zero-order valence-corrected chi connectivity index (χ0v) is 11.0. The maximum atomic E-state index is 4.99. The molecule has 0 unspecified atom stereocenters. The van der Waals surface area contributed by atoms with Crippen LogP contribution >= 0.6 is 12.2 Å². The van der Waals surface area contributed by atoms with Crippen LogP contribution in [0.4, 0.5) is 0 Å². The normalized spacial score (nSPS) is 17.4. The largest absolute Gasteiger partial charge is 0.364 e. The first kappa shape index (κ1) is 13.2. The van der Waals surface area contributed by atoms with E-state index in [0.29, 0.717) is 5.11 Å². The zero-order chi connectivity index (χ0) is 11.8. The third-order valence-corrected chi connectivity index (χ3v) is 3.01. The Bertz CT molecular complexity index is 295. The van der Waals surface area contributed by atoms with Crippen LogP contribution in [0.1, 0.15) is 45.4 Å². The molecule has 1 aliphatic carbocycles. The second kappa shape index (κ2) is 7.39. The van der Waals surface area contributed by atoms with Gasteiger partial charge >= 0.3 is 0 Å². The lowest BCUT2D eigenvalue weighted by atomic mass is 10.1.